The Bertz CT molecular complexity index is 271. The molecule has 0 bridgehead atoms. The lowest BCUT2D eigenvalue weighted by atomic mass is 9.97. The second-order valence-electron chi connectivity index (χ2n) is 3.45. The smallest absolute Gasteiger partial charge is 0.165 e. The Labute approximate surface area is 79.8 Å². The molecular formula is C12H16O. The van der Waals surface area contributed by atoms with Gasteiger partial charge in [-0.05, 0) is 30.4 Å². The molecule has 0 aromatic rings. The third kappa shape index (κ3) is 1.97. The van der Waals surface area contributed by atoms with Gasteiger partial charge in [0, 0.05) is 5.92 Å². The maximum atomic E-state index is 11.8. The highest BCUT2D eigenvalue weighted by atomic mass is 16.1. The molecule has 0 spiro atoms. The first-order valence-electron chi connectivity index (χ1n) is 4.72. The van der Waals surface area contributed by atoms with E-state index in [2.05, 4.69) is 13.2 Å². The first-order chi connectivity index (χ1) is 6.20. The lowest BCUT2D eigenvalue weighted by Crippen LogP contribution is -2.10. The summed E-state index contributed by atoms with van der Waals surface area (Å²) in [5, 5.41) is 0. The van der Waals surface area contributed by atoms with Crippen LogP contribution in [-0.2, 0) is 4.79 Å². The van der Waals surface area contributed by atoms with Crippen molar-refractivity contribution in [3.8, 4) is 0 Å². The van der Waals surface area contributed by atoms with E-state index in [1.54, 1.807) is 6.08 Å². The molecule has 0 radical (unpaired) electrons. The van der Waals surface area contributed by atoms with Gasteiger partial charge >= 0.3 is 0 Å². The Morgan fingerprint density at radius 2 is 2.15 bits per heavy atom. The van der Waals surface area contributed by atoms with Gasteiger partial charge in [-0.1, -0.05) is 25.7 Å². The first-order valence-corrected chi connectivity index (χ1v) is 4.72. The van der Waals surface area contributed by atoms with Crippen molar-refractivity contribution >= 4 is 5.78 Å². The molecule has 0 aromatic carbocycles. The van der Waals surface area contributed by atoms with Crippen LogP contribution in [0.25, 0.3) is 0 Å². The minimum atomic E-state index is -0.0527. The summed E-state index contributed by atoms with van der Waals surface area (Å²) in [4.78, 5) is 11.8. The summed E-state index contributed by atoms with van der Waals surface area (Å²) in [6.45, 7) is 9.25. The Morgan fingerprint density at radius 3 is 2.69 bits per heavy atom. The van der Waals surface area contributed by atoms with Crippen LogP contribution < -0.4 is 0 Å². The van der Waals surface area contributed by atoms with E-state index < -0.39 is 0 Å². The van der Waals surface area contributed by atoms with Gasteiger partial charge in [-0.25, -0.2) is 0 Å². The Hall–Kier alpha value is -1.11. The van der Waals surface area contributed by atoms with Crippen molar-refractivity contribution in [2.45, 2.75) is 26.2 Å². The molecule has 0 saturated carbocycles. The van der Waals surface area contributed by atoms with E-state index in [0.717, 1.165) is 30.4 Å². The van der Waals surface area contributed by atoms with Crippen molar-refractivity contribution in [2.24, 2.45) is 5.92 Å². The monoisotopic (exact) mass is 176 g/mol. The SMILES string of the molecule is C=CC1=C(C(=O)C(C)C=C)CCC1. The van der Waals surface area contributed by atoms with Gasteiger partial charge in [-0.2, -0.15) is 0 Å². The molecule has 0 aromatic heterocycles. The molecule has 0 heterocycles. The molecule has 0 amide bonds. The summed E-state index contributed by atoms with van der Waals surface area (Å²) in [7, 11) is 0. The van der Waals surface area contributed by atoms with Crippen molar-refractivity contribution in [2.75, 3.05) is 0 Å². The van der Waals surface area contributed by atoms with Crippen LogP contribution in [0.15, 0.2) is 36.5 Å². The van der Waals surface area contributed by atoms with E-state index in [1.165, 1.54) is 0 Å². The first kappa shape index (κ1) is 9.97. The molecule has 1 atom stereocenters. The molecule has 70 valence electrons. The number of rotatable bonds is 4. The third-order valence-corrected chi connectivity index (χ3v) is 2.57. The Kier molecular flexibility index (Phi) is 3.24. The van der Waals surface area contributed by atoms with Crippen LogP contribution in [0.1, 0.15) is 26.2 Å². The van der Waals surface area contributed by atoms with Gasteiger partial charge in [0.15, 0.2) is 5.78 Å². The van der Waals surface area contributed by atoms with Crippen LogP contribution in [-0.4, -0.2) is 5.78 Å². The minimum absolute atomic E-state index is 0.0527. The van der Waals surface area contributed by atoms with Gasteiger partial charge in [-0.3, -0.25) is 4.79 Å². The predicted octanol–water partition coefficient (Wildman–Crippen LogP) is 3.04. The molecule has 1 rings (SSSR count). The standard InChI is InChI=1S/C12H16O/c1-4-9(3)12(13)11-8-6-7-10(11)5-2/h4-5,9H,1-2,6-8H2,3H3. The second kappa shape index (κ2) is 4.22. The number of hydrogen-bond acceptors (Lipinski definition) is 1. The number of carbonyl (C=O) groups is 1. The average molecular weight is 176 g/mol. The number of hydrogen-bond donors (Lipinski definition) is 0. The maximum absolute atomic E-state index is 11.8. The second-order valence-corrected chi connectivity index (χ2v) is 3.45. The van der Waals surface area contributed by atoms with Gasteiger partial charge in [-0.15, -0.1) is 6.58 Å². The van der Waals surface area contributed by atoms with Crippen molar-refractivity contribution in [1.29, 1.82) is 0 Å². The fraction of sp³-hybridized carbons (Fsp3) is 0.417. The highest BCUT2D eigenvalue weighted by Gasteiger charge is 2.21. The van der Waals surface area contributed by atoms with Crippen LogP contribution in [0, 0.1) is 5.92 Å². The molecule has 0 saturated heterocycles. The predicted molar refractivity (Wildman–Crippen MR) is 55.4 cm³/mol. The normalized spacial score (nSPS) is 18.5. The van der Waals surface area contributed by atoms with Gasteiger partial charge in [0.25, 0.3) is 0 Å². The molecule has 1 nitrogen and oxygen atoms in total. The zero-order chi connectivity index (χ0) is 9.84. The summed E-state index contributed by atoms with van der Waals surface area (Å²) in [5.74, 6) is 0.172. The molecule has 0 fully saturated rings. The fourth-order valence-electron chi connectivity index (χ4n) is 1.66. The van der Waals surface area contributed by atoms with Crippen LogP contribution >= 0.6 is 0 Å². The lowest BCUT2D eigenvalue weighted by molar-refractivity contribution is -0.117. The average Bonchev–Trinajstić information content (AvgIpc) is 2.62. The van der Waals surface area contributed by atoms with E-state index in [9.17, 15) is 4.79 Å². The number of Topliss-reactive ketones (excluding diaryl/α,β-unsaturated/α-hetero) is 1. The van der Waals surface area contributed by atoms with Gasteiger partial charge in [0.1, 0.15) is 0 Å². The Balaban J connectivity index is 2.87. The number of ketones is 1. The molecule has 1 unspecified atom stereocenters. The Morgan fingerprint density at radius 1 is 1.46 bits per heavy atom. The summed E-state index contributed by atoms with van der Waals surface area (Å²) < 4.78 is 0. The highest BCUT2D eigenvalue weighted by Crippen LogP contribution is 2.29. The maximum Gasteiger partial charge on any atom is 0.165 e. The zero-order valence-electron chi connectivity index (χ0n) is 8.18. The van der Waals surface area contributed by atoms with Crippen LogP contribution in [0.5, 0.6) is 0 Å². The van der Waals surface area contributed by atoms with E-state index in [0.29, 0.717) is 0 Å². The lowest BCUT2D eigenvalue weighted by Gasteiger charge is -2.06. The largest absolute Gasteiger partial charge is 0.294 e. The number of carbonyl (C=O) groups excluding carboxylic acids is 1. The van der Waals surface area contributed by atoms with Crippen LogP contribution in [0.4, 0.5) is 0 Å². The summed E-state index contributed by atoms with van der Waals surface area (Å²) in [6.07, 6.45) is 6.53. The van der Waals surface area contributed by atoms with Crippen LogP contribution in [0.3, 0.4) is 0 Å². The summed E-state index contributed by atoms with van der Waals surface area (Å²) >= 11 is 0. The molecule has 1 aliphatic rings. The van der Waals surface area contributed by atoms with Crippen molar-refractivity contribution in [1.82, 2.24) is 0 Å². The molecule has 0 aliphatic heterocycles. The number of allylic oxidation sites excluding steroid dienone is 4. The summed E-state index contributed by atoms with van der Waals surface area (Å²) in [5.41, 5.74) is 2.11. The quantitative estimate of drug-likeness (QED) is 0.602. The molecule has 1 aliphatic carbocycles. The zero-order valence-corrected chi connectivity index (χ0v) is 8.18. The molecule has 1 heteroatoms. The van der Waals surface area contributed by atoms with Crippen LogP contribution in [0.2, 0.25) is 0 Å². The topological polar surface area (TPSA) is 17.1 Å². The van der Waals surface area contributed by atoms with E-state index in [4.69, 9.17) is 0 Å². The van der Waals surface area contributed by atoms with Gasteiger partial charge < -0.3 is 0 Å². The van der Waals surface area contributed by atoms with E-state index in [1.807, 2.05) is 13.0 Å². The minimum Gasteiger partial charge on any atom is -0.294 e. The third-order valence-electron chi connectivity index (χ3n) is 2.57. The van der Waals surface area contributed by atoms with Crippen molar-refractivity contribution < 1.29 is 4.79 Å². The van der Waals surface area contributed by atoms with Crippen molar-refractivity contribution in [3.63, 3.8) is 0 Å². The van der Waals surface area contributed by atoms with E-state index in [-0.39, 0.29) is 11.7 Å². The molecule has 0 N–H and O–H groups in total. The van der Waals surface area contributed by atoms with Crippen molar-refractivity contribution in [3.05, 3.63) is 36.5 Å². The molecule has 13 heavy (non-hydrogen) atoms. The molecular weight excluding hydrogens is 160 g/mol. The fourth-order valence-corrected chi connectivity index (χ4v) is 1.66. The van der Waals surface area contributed by atoms with Gasteiger partial charge in [0.05, 0.1) is 0 Å². The van der Waals surface area contributed by atoms with E-state index >= 15 is 0 Å². The van der Waals surface area contributed by atoms with Gasteiger partial charge in [0.2, 0.25) is 0 Å². The highest BCUT2D eigenvalue weighted by molar-refractivity contribution is 5.99. The summed E-state index contributed by atoms with van der Waals surface area (Å²) in [6, 6.07) is 0.